The molecule has 2 aromatic carbocycles. The third-order valence-electron chi connectivity index (χ3n) is 4.47. The zero-order valence-electron chi connectivity index (χ0n) is 13.8. The van der Waals surface area contributed by atoms with Crippen molar-refractivity contribution in [2.24, 2.45) is 0 Å². The first-order valence-corrected chi connectivity index (χ1v) is 8.22. The standard InChI is InChI=1S/C19H17F5NO/c20-18(21,19(22,23)24)16-8-4-5-9-17(16)26-25-12-10-15(11-13-25)14-6-2-1-3-7-14/h1-2,4-9,15H,10-13H2. The molecule has 0 saturated carbocycles. The average Bonchev–Trinajstić information content (AvgIpc) is 2.62. The van der Waals surface area contributed by atoms with Gasteiger partial charge < -0.3 is 4.84 Å². The van der Waals surface area contributed by atoms with Crippen molar-refractivity contribution in [2.75, 3.05) is 13.1 Å². The zero-order valence-corrected chi connectivity index (χ0v) is 13.8. The molecule has 7 heteroatoms. The van der Waals surface area contributed by atoms with E-state index < -0.39 is 23.4 Å². The van der Waals surface area contributed by atoms with Gasteiger partial charge in [0.05, 0.1) is 5.56 Å². The average molecular weight is 370 g/mol. The second-order valence-corrected chi connectivity index (χ2v) is 6.20. The molecule has 0 amide bonds. The highest BCUT2D eigenvalue weighted by Crippen LogP contribution is 2.47. The Morgan fingerprint density at radius 1 is 0.962 bits per heavy atom. The number of nitrogens with zero attached hydrogens (tertiary/aromatic N) is 1. The van der Waals surface area contributed by atoms with E-state index in [1.165, 1.54) is 11.1 Å². The Morgan fingerprint density at radius 3 is 2.27 bits per heavy atom. The van der Waals surface area contributed by atoms with Gasteiger partial charge in [-0.05, 0) is 42.5 Å². The highest BCUT2D eigenvalue weighted by Gasteiger charge is 2.60. The Balaban J connectivity index is 1.70. The molecule has 0 N–H and O–H groups in total. The predicted octanol–water partition coefficient (Wildman–Crippen LogP) is 5.31. The number of piperidine rings is 1. The lowest BCUT2D eigenvalue weighted by atomic mass is 9.90. The van der Waals surface area contributed by atoms with Crippen molar-refractivity contribution in [3.8, 4) is 5.75 Å². The SMILES string of the molecule is FC(F)(F)C(F)(F)c1ccccc1ON1CCC(c2c[c]ccc2)CC1. The number of alkyl halides is 5. The fourth-order valence-electron chi connectivity index (χ4n) is 3.04. The molecule has 139 valence electrons. The van der Waals surface area contributed by atoms with Crippen LogP contribution in [0, 0.1) is 6.07 Å². The molecule has 0 bridgehead atoms. The summed E-state index contributed by atoms with van der Waals surface area (Å²) in [5.41, 5.74) is -0.0385. The molecule has 1 fully saturated rings. The molecule has 1 saturated heterocycles. The van der Waals surface area contributed by atoms with Gasteiger partial charge in [-0.1, -0.05) is 36.4 Å². The van der Waals surface area contributed by atoms with E-state index in [-0.39, 0.29) is 0 Å². The Morgan fingerprint density at radius 2 is 1.65 bits per heavy atom. The summed E-state index contributed by atoms with van der Waals surface area (Å²) in [7, 11) is 0. The second kappa shape index (κ2) is 7.23. The van der Waals surface area contributed by atoms with Gasteiger partial charge in [0.25, 0.3) is 0 Å². The monoisotopic (exact) mass is 370 g/mol. The van der Waals surface area contributed by atoms with Crippen molar-refractivity contribution in [1.82, 2.24) is 5.06 Å². The molecule has 0 unspecified atom stereocenters. The molecule has 3 rings (SSSR count). The van der Waals surface area contributed by atoms with Gasteiger partial charge in [0.2, 0.25) is 0 Å². The minimum atomic E-state index is -5.68. The molecule has 2 nitrogen and oxygen atoms in total. The van der Waals surface area contributed by atoms with Crippen LogP contribution in [0.1, 0.15) is 29.9 Å². The van der Waals surface area contributed by atoms with Crippen molar-refractivity contribution in [1.29, 1.82) is 0 Å². The Hall–Kier alpha value is -2.15. The van der Waals surface area contributed by atoms with E-state index in [9.17, 15) is 22.0 Å². The predicted molar refractivity (Wildman–Crippen MR) is 85.8 cm³/mol. The molecular formula is C19H17F5NO. The van der Waals surface area contributed by atoms with Gasteiger partial charge in [-0.15, -0.1) is 5.06 Å². The van der Waals surface area contributed by atoms with Crippen LogP contribution >= 0.6 is 0 Å². The summed E-state index contributed by atoms with van der Waals surface area (Å²) in [4.78, 5) is 5.40. The van der Waals surface area contributed by atoms with Gasteiger partial charge in [-0.3, -0.25) is 0 Å². The first-order chi connectivity index (χ1) is 12.3. The minimum absolute atomic E-state index is 0.291. The van der Waals surface area contributed by atoms with Crippen LogP contribution in [0.4, 0.5) is 22.0 Å². The number of para-hydroxylation sites is 1. The summed E-state index contributed by atoms with van der Waals surface area (Å²) in [5.74, 6) is -5.15. The van der Waals surface area contributed by atoms with Crippen molar-refractivity contribution in [2.45, 2.75) is 30.9 Å². The van der Waals surface area contributed by atoms with E-state index in [2.05, 4.69) is 6.07 Å². The van der Waals surface area contributed by atoms with E-state index in [0.29, 0.717) is 19.0 Å². The van der Waals surface area contributed by atoms with E-state index in [4.69, 9.17) is 4.84 Å². The van der Waals surface area contributed by atoms with Crippen LogP contribution in [0.15, 0.2) is 48.5 Å². The number of hydrogen-bond donors (Lipinski definition) is 0. The molecular weight excluding hydrogens is 353 g/mol. The Labute approximate surface area is 148 Å². The lowest BCUT2D eigenvalue weighted by Gasteiger charge is -2.32. The fourth-order valence-corrected chi connectivity index (χ4v) is 3.04. The van der Waals surface area contributed by atoms with Gasteiger partial charge >= 0.3 is 12.1 Å². The molecule has 1 radical (unpaired) electrons. The summed E-state index contributed by atoms with van der Waals surface area (Å²) in [6.45, 7) is 0.872. The van der Waals surface area contributed by atoms with Gasteiger partial charge in [0, 0.05) is 13.1 Å². The Kier molecular flexibility index (Phi) is 5.18. The summed E-state index contributed by atoms with van der Waals surface area (Å²) in [6, 6.07) is 15.0. The van der Waals surface area contributed by atoms with Crippen LogP contribution in [0.2, 0.25) is 0 Å². The van der Waals surface area contributed by atoms with Crippen LogP contribution in [0.5, 0.6) is 5.75 Å². The van der Waals surface area contributed by atoms with E-state index in [1.807, 2.05) is 18.2 Å². The van der Waals surface area contributed by atoms with Gasteiger partial charge in [0.1, 0.15) is 0 Å². The smallest absolute Gasteiger partial charge is 0.405 e. The molecule has 1 aliphatic heterocycles. The number of halogens is 5. The van der Waals surface area contributed by atoms with E-state index >= 15 is 0 Å². The molecule has 0 aliphatic carbocycles. The maximum atomic E-state index is 13.7. The lowest BCUT2D eigenvalue weighted by Crippen LogP contribution is -2.38. The number of benzene rings is 2. The molecule has 1 aliphatic rings. The maximum absolute atomic E-state index is 13.7. The van der Waals surface area contributed by atoms with Crippen LogP contribution in [-0.4, -0.2) is 24.3 Å². The van der Waals surface area contributed by atoms with Crippen molar-refractivity contribution in [3.63, 3.8) is 0 Å². The second-order valence-electron chi connectivity index (χ2n) is 6.20. The van der Waals surface area contributed by atoms with Gasteiger partial charge in [-0.2, -0.15) is 22.0 Å². The molecule has 0 aromatic heterocycles. The van der Waals surface area contributed by atoms with E-state index in [1.54, 1.807) is 6.07 Å². The lowest BCUT2D eigenvalue weighted by molar-refractivity contribution is -0.290. The maximum Gasteiger partial charge on any atom is 0.458 e. The number of hydrogen-bond acceptors (Lipinski definition) is 2. The molecule has 2 aromatic rings. The van der Waals surface area contributed by atoms with Crippen LogP contribution in [0.3, 0.4) is 0 Å². The highest BCUT2D eigenvalue weighted by atomic mass is 19.4. The molecule has 0 atom stereocenters. The minimum Gasteiger partial charge on any atom is -0.405 e. The third-order valence-corrected chi connectivity index (χ3v) is 4.47. The molecule has 1 heterocycles. The summed E-state index contributed by atoms with van der Waals surface area (Å²) >= 11 is 0. The summed E-state index contributed by atoms with van der Waals surface area (Å²) < 4.78 is 65.6. The van der Waals surface area contributed by atoms with Crippen LogP contribution in [-0.2, 0) is 5.92 Å². The van der Waals surface area contributed by atoms with Crippen LogP contribution in [0.25, 0.3) is 0 Å². The molecule has 26 heavy (non-hydrogen) atoms. The van der Waals surface area contributed by atoms with Gasteiger partial charge in [0.15, 0.2) is 5.75 Å². The van der Waals surface area contributed by atoms with Crippen molar-refractivity contribution >= 4 is 0 Å². The van der Waals surface area contributed by atoms with Crippen molar-refractivity contribution < 1.29 is 26.8 Å². The Bertz CT molecular complexity index is 724. The topological polar surface area (TPSA) is 12.5 Å². The van der Waals surface area contributed by atoms with Crippen molar-refractivity contribution in [3.05, 3.63) is 65.7 Å². The van der Waals surface area contributed by atoms with E-state index in [0.717, 1.165) is 36.6 Å². The zero-order chi connectivity index (χ0) is 18.8. The highest BCUT2D eigenvalue weighted by molar-refractivity contribution is 5.37. The third kappa shape index (κ3) is 3.82. The number of hydroxylamine groups is 2. The first kappa shape index (κ1) is 18.6. The quantitative estimate of drug-likeness (QED) is 0.676. The summed E-state index contributed by atoms with van der Waals surface area (Å²) in [6.07, 6.45) is -4.24. The molecule has 0 spiro atoms. The van der Waals surface area contributed by atoms with Crippen LogP contribution < -0.4 is 4.84 Å². The summed E-state index contributed by atoms with van der Waals surface area (Å²) in [5, 5.41) is 1.44. The normalized spacial score (nSPS) is 17.3. The van der Waals surface area contributed by atoms with Gasteiger partial charge in [-0.25, -0.2) is 0 Å². The first-order valence-electron chi connectivity index (χ1n) is 8.22. The number of rotatable bonds is 4. The largest absolute Gasteiger partial charge is 0.458 e. The fraction of sp³-hybridized carbons (Fsp3) is 0.368.